The van der Waals surface area contributed by atoms with Crippen molar-refractivity contribution in [3.8, 4) is 5.75 Å². The topological polar surface area (TPSA) is 67.6 Å². The van der Waals surface area contributed by atoms with E-state index in [9.17, 15) is 10.1 Å². The molecular formula is C16H19N3O3. The highest BCUT2D eigenvalue weighted by Crippen LogP contribution is 2.36. The maximum Gasteiger partial charge on any atom is 0.313 e. The highest BCUT2D eigenvalue weighted by Gasteiger charge is 2.19. The summed E-state index contributed by atoms with van der Waals surface area (Å²) >= 11 is 0. The van der Waals surface area contributed by atoms with Crippen LogP contribution in [0.4, 0.5) is 17.1 Å². The Labute approximate surface area is 129 Å². The Morgan fingerprint density at radius 1 is 1.14 bits per heavy atom. The summed E-state index contributed by atoms with van der Waals surface area (Å²) in [6.07, 6.45) is 0. The minimum atomic E-state index is -0.429. The summed E-state index contributed by atoms with van der Waals surface area (Å²) in [6, 6.07) is 14.3. The number of likely N-dealkylation sites (N-methyl/N-ethyl adjacent to an activating group) is 1. The summed E-state index contributed by atoms with van der Waals surface area (Å²) in [5.74, 6) is 0.262. The molecule has 6 heteroatoms. The molecule has 0 saturated carbocycles. The highest BCUT2D eigenvalue weighted by molar-refractivity contribution is 5.72. The van der Waals surface area contributed by atoms with Gasteiger partial charge in [0.1, 0.15) is 6.61 Å². The van der Waals surface area contributed by atoms with E-state index >= 15 is 0 Å². The molecule has 116 valence electrons. The van der Waals surface area contributed by atoms with Gasteiger partial charge in [-0.2, -0.15) is 0 Å². The zero-order chi connectivity index (χ0) is 15.9. The molecule has 0 aliphatic rings. The average Bonchev–Trinajstić information content (AvgIpc) is 2.49. The Morgan fingerprint density at radius 3 is 2.50 bits per heavy atom. The Hall–Kier alpha value is -2.60. The van der Waals surface area contributed by atoms with Crippen LogP contribution in [0.3, 0.4) is 0 Å². The number of para-hydroxylation sites is 2. The van der Waals surface area contributed by atoms with Gasteiger partial charge in [0.2, 0.25) is 5.75 Å². The van der Waals surface area contributed by atoms with Crippen molar-refractivity contribution in [2.75, 3.05) is 32.6 Å². The summed E-state index contributed by atoms with van der Waals surface area (Å²) in [5, 5.41) is 14.4. The van der Waals surface area contributed by atoms with Gasteiger partial charge in [-0.3, -0.25) is 10.1 Å². The molecule has 0 atom stereocenters. The van der Waals surface area contributed by atoms with Crippen molar-refractivity contribution in [2.24, 2.45) is 0 Å². The van der Waals surface area contributed by atoms with Crippen LogP contribution < -0.4 is 10.1 Å². The third kappa shape index (κ3) is 4.20. The van der Waals surface area contributed by atoms with Gasteiger partial charge in [-0.25, -0.2) is 0 Å². The average molecular weight is 301 g/mol. The molecule has 2 aromatic rings. The molecule has 0 saturated heterocycles. The van der Waals surface area contributed by atoms with Crippen molar-refractivity contribution in [2.45, 2.75) is 0 Å². The SMILES string of the molecule is CN(C)CCOc1c(Nc2ccccc2)cccc1[N+](=O)[O-]. The first-order valence-electron chi connectivity index (χ1n) is 6.95. The second kappa shape index (κ2) is 7.42. The molecule has 0 bridgehead atoms. The zero-order valence-electron chi connectivity index (χ0n) is 12.7. The van der Waals surface area contributed by atoms with E-state index in [1.807, 2.05) is 49.3 Å². The fourth-order valence-electron chi connectivity index (χ4n) is 1.93. The van der Waals surface area contributed by atoms with Crippen LogP contribution in [0.2, 0.25) is 0 Å². The van der Waals surface area contributed by atoms with E-state index in [0.717, 1.165) is 5.69 Å². The van der Waals surface area contributed by atoms with Crippen molar-refractivity contribution < 1.29 is 9.66 Å². The number of benzene rings is 2. The molecule has 0 radical (unpaired) electrons. The lowest BCUT2D eigenvalue weighted by Gasteiger charge is -2.15. The van der Waals surface area contributed by atoms with Gasteiger partial charge in [-0.1, -0.05) is 24.3 Å². The van der Waals surface area contributed by atoms with Crippen LogP contribution in [0.5, 0.6) is 5.75 Å². The number of nitrogens with zero attached hydrogens (tertiary/aromatic N) is 2. The van der Waals surface area contributed by atoms with Gasteiger partial charge in [0.05, 0.1) is 10.6 Å². The van der Waals surface area contributed by atoms with Gasteiger partial charge in [0.25, 0.3) is 0 Å². The predicted molar refractivity (Wildman–Crippen MR) is 86.9 cm³/mol. The molecule has 22 heavy (non-hydrogen) atoms. The maximum atomic E-state index is 11.2. The van der Waals surface area contributed by atoms with Crippen molar-refractivity contribution in [3.63, 3.8) is 0 Å². The molecule has 2 aromatic carbocycles. The molecule has 0 spiro atoms. The number of ether oxygens (including phenoxy) is 1. The molecule has 0 unspecified atom stereocenters. The minimum absolute atomic E-state index is 0.0420. The van der Waals surface area contributed by atoms with Crippen LogP contribution in [0.15, 0.2) is 48.5 Å². The number of nitro benzene ring substituents is 1. The number of nitrogens with one attached hydrogen (secondary N) is 1. The zero-order valence-corrected chi connectivity index (χ0v) is 12.7. The molecule has 0 fully saturated rings. The Morgan fingerprint density at radius 2 is 1.86 bits per heavy atom. The fourth-order valence-corrected chi connectivity index (χ4v) is 1.93. The third-order valence-electron chi connectivity index (χ3n) is 3.03. The Kier molecular flexibility index (Phi) is 5.32. The minimum Gasteiger partial charge on any atom is -0.484 e. The first kappa shape index (κ1) is 15.8. The first-order valence-corrected chi connectivity index (χ1v) is 6.95. The summed E-state index contributed by atoms with van der Waals surface area (Å²) < 4.78 is 5.67. The quantitative estimate of drug-likeness (QED) is 0.628. The molecule has 6 nitrogen and oxygen atoms in total. The summed E-state index contributed by atoms with van der Waals surface area (Å²) in [4.78, 5) is 12.7. The number of hydrogen-bond donors (Lipinski definition) is 1. The highest BCUT2D eigenvalue weighted by atomic mass is 16.6. The maximum absolute atomic E-state index is 11.2. The summed E-state index contributed by atoms with van der Waals surface area (Å²) in [6.45, 7) is 1.05. The summed E-state index contributed by atoms with van der Waals surface area (Å²) in [5.41, 5.74) is 1.39. The molecule has 0 aromatic heterocycles. The van der Waals surface area contributed by atoms with E-state index in [4.69, 9.17) is 4.74 Å². The van der Waals surface area contributed by atoms with Gasteiger partial charge < -0.3 is 15.0 Å². The first-order chi connectivity index (χ1) is 10.6. The van der Waals surface area contributed by atoms with Crippen molar-refractivity contribution in [1.82, 2.24) is 4.90 Å². The van der Waals surface area contributed by atoms with E-state index < -0.39 is 4.92 Å². The smallest absolute Gasteiger partial charge is 0.313 e. The fraction of sp³-hybridized carbons (Fsp3) is 0.250. The van der Waals surface area contributed by atoms with Crippen molar-refractivity contribution >= 4 is 17.1 Å². The number of rotatable bonds is 7. The molecule has 1 N–H and O–H groups in total. The van der Waals surface area contributed by atoms with E-state index in [1.54, 1.807) is 12.1 Å². The largest absolute Gasteiger partial charge is 0.484 e. The second-order valence-corrected chi connectivity index (χ2v) is 5.05. The molecule has 0 aliphatic heterocycles. The number of hydrogen-bond acceptors (Lipinski definition) is 5. The van der Waals surface area contributed by atoms with Crippen LogP contribution in [0, 0.1) is 10.1 Å². The van der Waals surface area contributed by atoms with Gasteiger partial charge in [-0.05, 0) is 32.3 Å². The lowest BCUT2D eigenvalue weighted by Crippen LogP contribution is -2.20. The van der Waals surface area contributed by atoms with Crippen LogP contribution >= 0.6 is 0 Å². The molecule has 0 amide bonds. The number of anilines is 2. The van der Waals surface area contributed by atoms with Crippen LogP contribution in [0.25, 0.3) is 0 Å². The lowest BCUT2D eigenvalue weighted by molar-refractivity contribution is -0.385. The molecule has 0 aliphatic carbocycles. The van der Waals surface area contributed by atoms with E-state index in [0.29, 0.717) is 18.8 Å². The second-order valence-electron chi connectivity index (χ2n) is 5.05. The van der Waals surface area contributed by atoms with Crippen LogP contribution in [-0.2, 0) is 0 Å². The molecular weight excluding hydrogens is 282 g/mol. The normalized spacial score (nSPS) is 10.5. The summed E-state index contributed by atoms with van der Waals surface area (Å²) in [7, 11) is 3.85. The van der Waals surface area contributed by atoms with Gasteiger partial charge in [0.15, 0.2) is 0 Å². The van der Waals surface area contributed by atoms with Gasteiger partial charge in [-0.15, -0.1) is 0 Å². The lowest BCUT2D eigenvalue weighted by atomic mass is 10.2. The standard InChI is InChI=1S/C16H19N3O3/c1-18(2)11-12-22-16-14(9-6-10-15(16)19(20)21)17-13-7-4-3-5-8-13/h3-10,17H,11-12H2,1-2H3. The van der Waals surface area contributed by atoms with Crippen LogP contribution in [0.1, 0.15) is 0 Å². The van der Waals surface area contributed by atoms with Gasteiger partial charge in [0, 0.05) is 18.3 Å². The Bertz CT molecular complexity index is 630. The van der Waals surface area contributed by atoms with E-state index in [2.05, 4.69) is 5.32 Å². The predicted octanol–water partition coefficient (Wildman–Crippen LogP) is 3.28. The molecule has 0 heterocycles. The van der Waals surface area contributed by atoms with Crippen LogP contribution in [-0.4, -0.2) is 37.1 Å². The molecule has 2 rings (SSSR count). The monoisotopic (exact) mass is 301 g/mol. The van der Waals surface area contributed by atoms with Gasteiger partial charge >= 0.3 is 5.69 Å². The van der Waals surface area contributed by atoms with Crippen molar-refractivity contribution in [3.05, 3.63) is 58.6 Å². The number of nitro groups is 1. The van der Waals surface area contributed by atoms with E-state index in [1.165, 1.54) is 6.07 Å². The van der Waals surface area contributed by atoms with Crippen molar-refractivity contribution in [1.29, 1.82) is 0 Å². The Balaban J connectivity index is 2.27. The van der Waals surface area contributed by atoms with E-state index in [-0.39, 0.29) is 11.4 Å². The third-order valence-corrected chi connectivity index (χ3v) is 3.03.